The van der Waals surface area contributed by atoms with Crippen LogP contribution >= 0.6 is 0 Å². The van der Waals surface area contributed by atoms with Crippen LogP contribution in [-0.2, 0) is 49.5 Å². The average Bonchev–Trinajstić information content (AvgIpc) is 2.89. The first-order valence-corrected chi connectivity index (χ1v) is 12.4. The van der Waals surface area contributed by atoms with Gasteiger partial charge in [-0.15, -0.1) is 0 Å². The summed E-state index contributed by atoms with van der Waals surface area (Å²) in [4.78, 5) is 61.0. The lowest BCUT2D eigenvalue weighted by molar-refractivity contribution is -0.270. The van der Waals surface area contributed by atoms with Gasteiger partial charge >= 0.3 is 23.9 Å². The summed E-state index contributed by atoms with van der Waals surface area (Å²) in [5.74, 6) is -3.36. The molecule has 1 heterocycles. The van der Waals surface area contributed by atoms with Gasteiger partial charge in [-0.2, -0.15) is 0 Å². The number of carbonyl (C=O) groups excluding carboxylic acids is 5. The molecule has 1 fully saturated rings. The van der Waals surface area contributed by atoms with Crippen LogP contribution in [0.3, 0.4) is 0 Å². The van der Waals surface area contributed by atoms with Gasteiger partial charge in [0.1, 0.15) is 31.1 Å². The summed E-state index contributed by atoms with van der Waals surface area (Å²) in [5, 5.41) is 2.68. The highest BCUT2D eigenvalue weighted by Gasteiger charge is 2.52. The second kappa shape index (κ2) is 14.1. The van der Waals surface area contributed by atoms with Gasteiger partial charge in [-0.1, -0.05) is 42.5 Å². The fourth-order valence-electron chi connectivity index (χ4n) is 4.06. The highest BCUT2D eigenvalue weighted by molar-refractivity contribution is 5.97. The van der Waals surface area contributed by atoms with Crippen LogP contribution in [-0.4, -0.2) is 67.0 Å². The zero-order valence-corrected chi connectivity index (χ0v) is 22.5. The van der Waals surface area contributed by atoms with Crippen molar-refractivity contribution in [3.63, 3.8) is 0 Å². The Hall–Kier alpha value is -4.45. The van der Waals surface area contributed by atoms with Crippen molar-refractivity contribution in [2.75, 3.05) is 6.61 Å². The Morgan fingerprint density at radius 1 is 0.750 bits per heavy atom. The van der Waals surface area contributed by atoms with Crippen molar-refractivity contribution in [1.82, 2.24) is 5.32 Å². The number of hydrogen-bond donors (Lipinski definition) is 1. The van der Waals surface area contributed by atoms with Gasteiger partial charge in [0, 0.05) is 27.7 Å². The third kappa shape index (κ3) is 8.53. The van der Waals surface area contributed by atoms with Gasteiger partial charge in [-0.25, -0.2) is 0 Å². The molecule has 0 spiro atoms. The third-order valence-electron chi connectivity index (χ3n) is 5.65. The molecule has 2 aromatic carbocycles. The van der Waals surface area contributed by atoms with Crippen LogP contribution in [0.2, 0.25) is 0 Å². The minimum atomic E-state index is -1.50. The number of nitrogens with one attached hydrogen (secondary N) is 1. The standard InChI is InChI=1S/C28H31NO11/c1-16(30)35-15-23-25(37-17(2)31)26(38-18(3)32)24(28(40-23)39-19(4)33)29-27(34)21-12-8-9-13-22(21)36-14-20-10-6-5-7-11-20/h5-13,23-26,28H,14-15H2,1-4H3,(H,29,34)/t23-,24+,25+,26-,28-/m0/s1. The quantitative estimate of drug-likeness (QED) is 0.337. The normalized spacial score (nSPS) is 21.9. The van der Waals surface area contributed by atoms with Gasteiger partial charge in [0.05, 0.1) is 5.56 Å². The van der Waals surface area contributed by atoms with E-state index in [0.29, 0.717) is 0 Å². The van der Waals surface area contributed by atoms with Crippen molar-refractivity contribution in [3.8, 4) is 5.75 Å². The van der Waals surface area contributed by atoms with E-state index < -0.39 is 67.0 Å². The van der Waals surface area contributed by atoms with E-state index in [0.717, 1.165) is 33.3 Å². The zero-order chi connectivity index (χ0) is 29.2. The van der Waals surface area contributed by atoms with E-state index >= 15 is 0 Å². The van der Waals surface area contributed by atoms with Gasteiger partial charge in [-0.3, -0.25) is 24.0 Å². The van der Waals surface area contributed by atoms with Crippen LogP contribution in [0.4, 0.5) is 0 Å². The predicted octanol–water partition coefficient (Wildman–Crippen LogP) is 2.08. The van der Waals surface area contributed by atoms with Crippen LogP contribution in [0.1, 0.15) is 43.6 Å². The van der Waals surface area contributed by atoms with Gasteiger partial charge in [0.25, 0.3) is 5.91 Å². The molecule has 2 aromatic rings. The number of carbonyl (C=O) groups is 5. The van der Waals surface area contributed by atoms with Crippen LogP contribution in [0, 0.1) is 0 Å². The Morgan fingerprint density at radius 2 is 1.35 bits per heavy atom. The first-order valence-electron chi connectivity index (χ1n) is 12.4. The molecule has 1 saturated heterocycles. The van der Waals surface area contributed by atoms with Gasteiger partial charge in [-0.05, 0) is 17.7 Å². The second-order valence-electron chi connectivity index (χ2n) is 8.87. The van der Waals surface area contributed by atoms with Gasteiger partial charge in [0.15, 0.2) is 12.2 Å². The molecule has 0 saturated carbocycles. The number of benzene rings is 2. The van der Waals surface area contributed by atoms with E-state index in [1.54, 1.807) is 18.2 Å². The summed E-state index contributed by atoms with van der Waals surface area (Å²) < 4.78 is 32.9. The molecule has 40 heavy (non-hydrogen) atoms. The van der Waals surface area contributed by atoms with Crippen LogP contribution in [0.25, 0.3) is 0 Å². The maximum atomic E-state index is 13.5. The predicted molar refractivity (Wildman–Crippen MR) is 137 cm³/mol. The molecule has 12 nitrogen and oxygen atoms in total. The average molecular weight is 558 g/mol. The summed E-state index contributed by atoms with van der Waals surface area (Å²) in [6.07, 6.45) is -5.42. The highest BCUT2D eigenvalue weighted by atomic mass is 16.7. The van der Waals surface area contributed by atoms with Crippen LogP contribution in [0.5, 0.6) is 5.75 Å². The molecule has 0 unspecified atom stereocenters. The van der Waals surface area contributed by atoms with Crippen LogP contribution < -0.4 is 10.1 Å². The summed E-state index contributed by atoms with van der Waals surface area (Å²) in [7, 11) is 0. The van der Waals surface area contributed by atoms with Crippen molar-refractivity contribution in [2.45, 2.75) is 64.9 Å². The molecule has 1 aliphatic heterocycles. The fraction of sp³-hybridized carbons (Fsp3) is 0.393. The molecule has 1 N–H and O–H groups in total. The van der Waals surface area contributed by atoms with E-state index in [1.807, 2.05) is 30.3 Å². The van der Waals surface area contributed by atoms with Gasteiger partial charge in [0.2, 0.25) is 6.29 Å². The van der Waals surface area contributed by atoms with Crippen molar-refractivity contribution in [2.24, 2.45) is 0 Å². The topological polar surface area (TPSA) is 153 Å². The smallest absolute Gasteiger partial charge is 0.305 e. The molecule has 1 aliphatic rings. The highest BCUT2D eigenvalue weighted by Crippen LogP contribution is 2.29. The second-order valence-corrected chi connectivity index (χ2v) is 8.87. The monoisotopic (exact) mass is 557 g/mol. The number of para-hydroxylation sites is 1. The molecule has 0 bridgehead atoms. The maximum absolute atomic E-state index is 13.5. The summed E-state index contributed by atoms with van der Waals surface area (Å²) in [5.41, 5.74) is 1.01. The summed E-state index contributed by atoms with van der Waals surface area (Å²) in [6, 6.07) is 14.5. The van der Waals surface area contributed by atoms with E-state index in [4.69, 9.17) is 28.4 Å². The molecule has 0 radical (unpaired) electrons. The SMILES string of the molecule is CC(=O)OC[C@@H]1O[C@H](OC(C)=O)[C@H](NC(=O)c2ccccc2OCc2ccccc2)[C@H](OC(C)=O)[C@@H]1OC(C)=O. The van der Waals surface area contributed by atoms with E-state index in [2.05, 4.69) is 5.32 Å². The maximum Gasteiger partial charge on any atom is 0.305 e. The molecular weight excluding hydrogens is 526 g/mol. The molecule has 0 aromatic heterocycles. The Morgan fingerprint density at radius 3 is 1.98 bits per heavy atom. The largest absolute Gasteiger partial charge is 0.488 e. The number of rotatable bonds is 10. The van der Waals surface area contributed by atoms with Gasteiger partial charge < -0.3 is 33.7 Å². The molecule has 5 atom stereocenters. The lowest BCUT2D eigenvalue weighted by Crippen LogP contribution is -2.67. The number of ether oxygens (including phenoxy) is 6. The Balaban J connectivity index is 1.93. The minimum Gasteiger partial charge on any atom is -0.488 e. The Kier molecular flexibility index (Phi) is 10.6. The number of amides is 1. The fourth-order valence-corrected chi connectivity index (χ4v) is 4.06. The zero-order valence-electron chi connectivity index (χ0n) is 22.5. The van der Waals surface area contributed by atoms with Crippen molar-refractivity contribution in [3.05, 3.63) is 65.7 Å². The molecule has 12 heteroatoms. The molecule has 0 aliphatic carbocycles. The van der Waals surface area contributed by atoms with E-state index in [1.165, 1.54) is 6.07 Å². The van der Waals surface area contributed by atoms with Crippen molar-refractivity contribution < 1.29 is 52.4 Å². The van der Waals surface area contributed by atoms with Crippen LogP contribution in [0.15, 0.2) is 54.6 Å². The molecule has 214 valence electrons. The first kappa shape index (κ1) is 30.1. The van der Waals surface area contributed by atoms with Crippen molar-refractivity contribution >= 4 is 29.8 Å². The van der Waals surface area contributed by atoms with Crippen molar-refractivity contribution in [1.29, 1.82) is 0 Å². The summed E-state index contributed by atoms with van der Waals surface area (Å²) in [6.45, 7) is 4.30. The first-order chi connectivity index (χ1) is 19.0. The number of esters is 4. The van der Waals surface area contributed by atoms with E-state index in [-0.39, 0.29) is 17.9 Å². The Labute approximate surface area is 230 Å². The molecule has 1 amide bonds. The van der Waals surface area contributed by atoms with E-state index in [9.17, 15) is 24.0 Å². The molecular formula is C28H31NO11. The minimum absolute atomic E-state index is 0.132. The molecule has 3 rings (SSSR count). The lowest BCUT2D eigenvalue weighted by atomic mass is 9.95. The lowest BCUT2D eigenvalue weighted by Gasteiger charge is -2.44. The third-order valence-corrected chi connectivity index (χ3v) is 5.65. The Bertz CT molecular complexity index is 1220. The summed E-state index contributed by atoms with van der Waals surface area (Å²) >= 11 is 0. The number of hydrogen-bond acceptors (Lipinski definition) is 11.